The van der Waals surface area contributed by atoms with Crippen LogP contribution in [0.25, 0.3) is 0 Å². The Morgan fingerprint density at radius 1 is 1.54 bits per heavy atom. The number of hydrogen-bond acceptors (Lipinski definition) is 2. The lowest BCUT2D eigenvalue weighted by Gasteiger charge is -2.35. The quantitative estimate of drug-likeness (QED) is 0.685. The average molecular weight is 185 g/mol. The zero-order chi connectivity index (χ0) is 10.1. The highest BCUT2D eigenvalue weighted by molar-refractivity contribution is 5.02. The molecule has 3 N–H and O–H groups in total. The second-order valence-electron chi connectivity index (χ2n) is 4.51. The van der Waals surface area contributed by atoms with Crippen LogP contribution in [-0.2, 0) is 0 Å². The van der Waals surface area contributed by atoms with Gasteiger partial charge in [0.1, 0.15) is 0 Å². The molecule has 1 saturated carbocycles. The molecular formula is C11H23NO. The SMILES string of the molecule is CCC(CN)C(O)(CC)C1CC1C. The Kier molecular flexibility index (Phi) is 3.36. The third-order valence-corrected chi connectivity index (χ3v) is 3.80. The van der Waals surface area contributed by atoms with Crippen LogP contribution in [0.2, 0.25) is 0 Å². The molecule has 0 aromatic heterocycles. The van der Waals surface area contributed by atoms with Gasteiger partial charge in [0.25, 0.3) is 0 Å². The maximum absolute atomic E-state index is 10.5. The highest BCUT2D eigenvalue weighted by atomic mass is 16.3. The molecule has 1 rings (SSSR count). The molecule has 2 heteroatoms. The minimum Gasteiger partial charge on any atom is -0.389 e. The lowest BCUT2D eigenvalue weighted by molar-refractivity contribution is -0.0446. The molecule has 0 aromatic rings. The highest BCUT2D eigenvalue weighted by Crippen LogP contribution is 2.50. The minimum atomic E-state index is -0.483. The average Bonchev–Trinajstić information content (AvgIpc) is 2.85. The molecule has 0 spiro atoms. The van der Waals surface area contributed by atoms with Crippen molar-refractivity contribution in [2.24, 2.45) is 23.5 Å². The Morgan fingerprint density at radius 2 is 2.08 bits per heavy atom. The predicted octanol–water partition coefficient (Wildman–Crippen LogP) is 1.77. The summed E-state index contributed by atoms with van der Waals surface area (Å²) in [5, 5.41) is 10.5. The van der Waals surface area contributed by atoms with E-state index in [1.807, 2.05) is 0 Å². The number of nitrogens with two attached hydrogens (primary N) is 1. The molecule has 0 radical (unpaired) electrons. The number of hydrogen-bond donors (Lipinski definition) is 2. The van der Waals surface area contributed by atoms with Gasteiger partial charge in [0.15, 0.2) is 0 Å². The summed E-state index contributed by atoms with van der Waals surface area (Å²) in [5.41, 5.74) is 5.21. The predicted molar refractivity (Wildman–Crippen MR) is 55.3 cm³/mol. The molecule has 1 aliphatic carbocycles. The molecule has 13 heavy (non-hydrogen) atoms. The van der Waals surface area contributed by atoms with Crippen LogP contribution in [0.1, 0.15) is 40.0 Å². The summed E-state index contributed by atoms with van der Waals surface area (Å²) in [6.45, 7) is 7.02. The largest absolute Gasteiger partial charge is 0.389 e. The maximum atomic E-state index is 10.5. The van der Waals surface area contributed by atoms with E-state index in [-0.39, 0.29) is 5.92 Å². The van der Waals surface area contributed by atoms with E-state index < -0.39 is 5.60 Å². The van der Waals surface area contributed by atoms with E-state index in [1.54, 1.807) is 0 Å². The standard InChI is InChI=1S/C11H23NO/c1-4-9(7-12)11(13,5-2)10-6-8(10)3/h8-10,13H,4-7,12H2,1-3H3. The molecule has 0 amide bonds. The molecule has 0 aliphatic heterocycles. The van der Waals surface area contributed by atoms with Crippen LogP contribution in [0.15, 0.2) is 0 Å². The molecule has 0 bridgehead atoms. The summed E-state index contributed by atoms with van der Waals surface area (Å²) >= 11 is 0. The van der Waals surface area contributed by atoms with Crippen molar-refractivity contribution in [1.82, 2.24) is 0 Å². The molecule has 2 nitrogen and oxygen atoms in total. The second kappa shape index (κ2) is 3.97. The Hall–Kier alpha value is -0.0800. The van der Waals surface area contributed by atoms with Gasteiger partial charge in [-0.25, -0.2) is 0 Å². The van der Waals surface area contributed by atoms with Gasteiger partial charge in [0.05, 0.1) is 5.60 Å². The number of rotatable bonds is 5. The van der Waals surface area contributed by atoms with Crippen LogP contribution in [0, 0.1) is 17.8 Å². The van der Waals surface area contributed by atoms with Crippen molar-refractivity contribution < 1.29 is 5.11 Å². The van der Waals surface area contributed by atoms with Gasteiger partial charge in [0, 0.05) is 0 Å². The van der Waals surface area contributed by atoms with Gasteiger partial charge in [-0.1, -0.05) is 20.8 Å². The molecule has 78 valence electrons. The zero-order valence-corrected chi connectivity index (χ0v) is 9.09. The van der Waals surface area contributed by atoms with Gasteiger partial charge < -0.3 is 10.8 Å². The van der Waals surface area contributed by atoms with Crippen LogP contribution in [0.3, 0.4) is 0 Å². The highest BCUT2D eigenvalue weighted by Gasteiger charge is 2.51. The van der Waals surface area contributed by atoms with E-state index in [9.17, 15) is 5.11 Å². The lowest BCUT2D eigenvalue weighted by Crippen LogP contribution is -2.43. The van der Waals surface area contributed by atoms with Crippen LogP contribution < -0.4 is 5.73 Å². The van der Waals surface area contributed by atoms with Crippen molar-refractivity contribution in [3.8, 4) is 0 Å². The first-order valence-corrected chi connectivity index (χ1v) is 5.52. The van der Waals surface area contributed by atoms with Gasteiger partial charge in [0.2, 0.25) is 0 Å². The Balaban J connectivity index is 2.67. The van der Waals surface area contributed by atoms with Gasteiger partial charge in [-0.3, -0.25) is 0 Å². The fourth-order valence-corrected chi connectivity index (χ4v) is 2.60. The summed E-state index contributed by atoms with van der Waals surface area (Å²) in [7, 11) is 0. The fourth-order valence-electron chi connectivity index (χ4n) is 2.60. The van der Waals surface area contributed by atoms with E-state index in [0.29, 0.717) is 18.4 Å². The van der Waals surface area contributed by atoms with Crippen LogP contribution in [0.4, 0.5) is 0 Å². The Morgan fingerprint density at radius 3 is 2.31 bits per heavy atom. The molecule has 0 heterocycles. The first-order chi connectivity index (χ1) is 6.10. The third kappa shape index (κ3) is 1.89. The third-order valence-electron chi connectivity index (χ3n) is 3.80. The summed E-state index contributed by atoms with van der Waals surface area (Å²) < 4.78 is 0. The zero-order valence-electron chi connectivity index (χ0n) is 9.09. The van der Waals surface area contributed by atoms with Crippen molar-refractivity contribution >= 4 is 0 Å². The number of aliphatic hydroxyl groups is 1. The smallest absolute Gasteiger partial charge is 0.0715 e. The van der Waals surface area contributed by atoms with Crippen molar-refractivity contribution in [1.29, 1.82) is 0 Å². The van der Waals surface area contributed by atoms with Gasteiger partial charge in [-0.05, 0) is 43.6 Å². The van der Waals surface area contributed by atoms with E-state index >= 15 is 0 Å². The summed E-state index contributed by atoms with van der Waals surface area (Å²) in [4.78, 5) is 0. The first kappa shape index (κ1) is 11.0. The normalized spacial score (nSPS) is 33.9. The Bertz CT molecular complexity index is 167. The second-order valence-corrected chi connectivity index (χ2v) is 4.51. The molecular weight excluding hydrogens is 162 g/mol. The molecule has 1 fully saturated rings. The van der Waals surface area contributed by atoms with Crippen LogP contribution >= 0.6 is 0 Å². The summed E-state index contributed by atoms with van der Waals surface area (Å²) in [6, 6.07) is 0. The van der Waals surface area contributed by atoms with Crippen molar-refractivity contribution in [2.75, 3.05) is 6.54 Å². The van der Waals surface area contributed by atoms with Gasteiger partial charge in [-0.2, -0.15) is 0 Å². The Labute approximate surface area is 81.5 Å². The van der Waals surface area contributed by atoms with Gasteiger partial charge in [-0.15, -0.1) is 0 Å². The molecule has 0 saturated heterocycles. The van der Waals surface area contributed by atoms with E-state index in [1.165, 1.54) is 6.42 Å². The fraction of sp³-hybridized carbons (Fsp3) is 1.00. The van der Waals surface area contributed by atoms with Crippen LogP contribution in [0.5, 0.6) is 0 Å². The molecule has 4 unspecified atom stereocenters. The first-order valence-electron chi connectivity index (χ1n) is 5.52. The van der Waals surface area contributed by atoms with E-state index in [2.05, 4.69) is 20.8 Å². The van der Waals surface area contributed by atoms with Crippen molar-refractivity contribution in [3.63, 3.8) is 0 Å². The topological polar surface area (TPSA) is 46.2 Å². The van der Waals surface area contributed by atoms with Gasteiger partial charge >= 0.3 is 0 Å². The van der Waals surface area contributed by atoms with Crippen LogP contribution in [-0.4, -0.2) is 17.3 Å². The monoisotopic (exact) mass is 185 g/mol. The molecule has 1 aliphatic rings. The summed E-state index contributed by atoms with van der Waals surface area (Å²) in [5.74, 6) is 1.49. The lowest BCUT2D eigenvalue weighted by atomic mass is 9.78. The van der Waals surface area contributed by atoms with Crippen molar-refractivity contribution in [3.05, 3.63) is 0 Å². The summed E-state index contributed by atoms with van der Waals surface area (Å²) in [6.07, 6.45) is 3.02. The minimum absolute atomic E-state index is 0.285. The maximum Gasteiger partial charge on any atom is 0.0715 e. The van der Waals surface area contributed by atoms with Crippen molar-refractivity contribution in [2.45, 2.75) is 45.6 Å². The molecule has 4 atom stereocenters. The molecule has 0 aromatic carbocycles. The van der Waals surface area contributed by atoms with E-state index in [4.69, 9.17) is 5.73 Å². The van der Waals surface area contributed by atoms with E-state index in [0.717, 1.165) is 12.8 Å².